The Kier molecular flexibility index (Phi) is 2.95. The van der Waals surface area contributed by atoms with Crippen molar-refractivity contribution in [3.05, 3.63) is 28.5 Å². The Bertz CT molecular complexity index is 366. The first-order valence-corrected chi connectivity index (χ1v) is 4.87. The summed E-state index contributed by atoms with van der Waals surface area (Å²) in [7, 11) is 0. The third-order valence-electron chi connectivity index (χ3n) is 2.02. The molecule has 0 radical (unpaired) electrons. The van der Waals surface area contributed by atoms with Gasteiger partial charge in [0.2, 0.25) is 0 Å². The molecule has 1 heterocycles. The van der Waals surface area contributed by atoms with E-state index in [9.17, 15) is 4.79 Å². The van der Waals surface area contributed by atoms with Crippen LogP contribution in [0.2, 0.25) is 5.15 Å². The first kappa shape index (κ1) is 11.2. The van der Waals surface area contributed by atoms with E-state index >= 15 is 0 Å². The van der Waals surface area contributed by atoms with E-state index < -0.39 is 0 Å². The second-order valence-corrected chi connectivity index (χ2v) is 4.76. The van der Waals surface area contributed by atoms with Crippen molar-refractivity contribution in [3.63, 3.8) is 0 Å². The van der Waals surface area contributed by atoms with Crippen LogP contribution < -0.4 is 0 Å². The van der Waals surface area contributed by atoms with Crippen molar-refractivity contribution in [2.24, 2.45) is 0 Å². The van der Waals surface area contributed by atoms with Crippen LogP contribution in [0.1, 0.15) is 43.7 Å². The zero-order chi connectivity index (χ0) is 10.9. The van der Waals surface area contributed by atoms with Gasteiger partial charge in [0, 0.05) is 6.92 Å². The molecule has 0 aliphatic rings. The highest BCUT2D eigenvalue weighted by atomic mass is 35.5. The smallest absolute Gasteiger partial charge is 0.178 e. The standard InChI is InChI=1S/C11H14ClNO/c1-7(14)9-5-8(11(2,3)4)6-10(12)13-9/h5-6H,1-4H3. The Morgan fingerprint density at radius 1 is 1.36 bits per heavy atom. The van der Waals surface area contributed by atoms with Crippen molar-refractivity contribution in [2.45, 2.75) is 33.1 Å². The number of pyridine rings is 1. The van der Waals surface area contributed by atoms with Crippen molar-refractivity contribution >= 4 is 17.4 Å². The Hall–Kier alpha value is -0.890. The normalized spacial score (nSPS) is 11.5. The highest BCUT2D eigenvalue weighted by Crippen LogP contribution is 2.24. The number of hydrogen-bond acceptors (Lipinski definition) is 2. The van der Waals surface area contributed by atoms with E-state index in [1.165, 1.54) is 6.92 Å². The van der Waals surface area contributed by atoms with Gasteiger partial charge in [-0.05, 0) is 23.1 Å². The van der Waals surface area contributed by atoms with Crippen LogP contribution in [0.5, 0.6) is 0 Å². The molecule has 0 aliphatic heterocycles. The Labute approximate surface area is 89.3 Å². The van der Waals surface area contributed by atoms with Crippen LogP contribution in [-0.4, -0.2) is 10.8 Å². The fourth-order valence-corrected chi connectivity index (χ4v) is 1.32. The number of halogens is 1. The van der Waals surface area contributed by atoms with Gasteiger partial charge in [-0.2, -0.15) is 0 Å². The molecular weight excluding hydrogens is 198 g/mol. The fraction of sp³-hybridized carbons (Fsp3) is 0.455. The van der Waals surface area contributed by atoms with Gasteiger partial charge in [0.1, 0.15) is 10.8 Å². The van der Waals surface area contributed by atoms with E-state index in [2.05, 4.69) is 25.8 Å². The summed E-state index contributed by atoms with van der Waals surface area (Å²) >= 11 is 5.84. The highest BCUT2D eigenvalue weighted by molar-refractivity contribution is 6.29. The van der Waals surface area contributed by atoms with Gasteiger partial charge in [0.25, 0.3) is 0 Å². The van der Waals surface area contributed by atoms with Gasteiger partial charge in [-0.25, -0.2) is 4.98 Å². The van der Waals surface area contributed by atoms with Crippen molar-refractivity contribution in [1.29, 1.82) is 0 Å². The molecule has 0 aromatic carbocycles. The van der Waals surface area contributed by atoms with Gasteiger partial charge >= 0.3 is 0 Å². The number of carbonyl (C=O) groups excluding carboxylic acids is 1. The first-order chi connectivity index (χ1) is 6.30. The Morgan fingerprint density at radius 2 is 1.93 bits per heavy atom. The van der Waals surface area contributed by atoms with Gasteiger partial charge in [0.15, 0.2) is 5.78 Å². The lowest BCUT2D eigenvalue weighted by Gasteiger charge is -2.19. The average Bonchev–Trinajstić information content (AvgIpc) is 2.01. The molecule has 0 atom stereocenters. The van der Waals surface area contributed by atoms with Crippen LogP contribution in [0.3, 0.4) is 0 Å². The Balaban J connectivity index is 3.28. The summed E-state index contributed by atoms with van der Waals surface area (Å²) in [6.07, 6.45) is 0. The zero-order valence-electron chi connectivity index (χ0n) is 8.89. The van der Waals surface area contributed by atoms with Crippen molar-refractivity contribution in [1.82, 2.24) is 4.98 Å². The summed E-state index contributed by atoms with van der Waals surface area (Å²) in [6.45, 7) is 7.71. The molecule has 1 aromatic heterocycles. The Morgan fingerprint density at radius 3 is 2.36 bits per heavy atom. The molecule has 0 spiro atoms. The van der Waals surface area contributed by atoms with Crippen LogP contribution in [0.25, 0.3) is 0 Å². The average molecular weight is 212 g/mol. The molecule has 1 aromatic rings. The van der Waals surface area contributed by atoms with E-state index in [-0.39, 0.29) is 11.2 Å². The van der Waals surface area contributed by atoms with Gasteiger partial charge in [-0.1, -0.05) is 32.4 Å². The van der Waals surface area contributed by atoms with E-state index in [1.807, 2.05) is 0 Å². The number of ketones is 1. The topological polar surface area (TPSA) is 30.0 Å². The molecule has 0 aliphatic carbocycles. The minimum Gasteiger partial charge on any atom is -0.293 e. The number of Topliss-reactive ketones (excluding diaryl/α,β-unsaturated/α-hetero) is 1. The lowest BCUT2D eigenvalue weighted by molar-refractivity contribution is 0.101. The second kappa shape index (κ2) is 3.70. The largest absolute Gasteiger partial charge is 0.293 e. The molecule has 0 bridgehead atoms. The van der Waals surface area contributed by atoms with Crippen LogP contribution in [0.4, 0.5) is 0 Å². The fourth-order valence-electron chi connectivity index (χ4n) is 1.11. The first-order valence-electron chi connectivity index (χ1n) is 4.50. The molecule has 76 valence electrons. The van der Waals surface area contributed by atoms with Gasteiger partial charge in [-0.15, -0.1) is 0 Å². The predicted octanol–water partition coefficient (Wildman–Crippen LogP) is 3.24. The molecule has 0 unspecified atom stereocenters. The number of nitrogens with zero attached hydrogens (tertiary/aromatic N) is 1. The van der Waals surface area contributed by atoms with Crippen molar-refractivity contribution in [2.75, 3.05) is 0 Å². The quantitative estimate of drug-likeness (QED) is 0.527. The molecule has 0 fully saturated rings. The SMILES string of the molecule is CC(=O)c1cc(C(C)(C)C)cc(Cl)n1. The van der Waals surface area contributed by atoms with E-state index in [0.717, 1.165) is 5.56 Å². The van der Waals surface area contributed by atoms with Crippen molar-refractivity contribution < 1.29 is 4.79 Å². The number of carbonyl (C=O) groups is 1. The lowest BCUT2D eigenvalue weighted by Crippen LogP contribution is -2.13. The van der Waals surface area contributed by atoms with Gasteiger partial charge in [0.05, 0.1) is 0 Å². The minimum absolute atomic E-state index is 0.0171. The molecule has 0 amide bonds. The maximum absolute atomic E-state index is 11.2. The van der Waals surface area contributed by atoms with Crippen molar-refractivity contribution in [3.8, 4) is 0 Å². The monoisotopic (exact) mass is 211 g/mol. The molecule has 0 saturated heterocycles. The summed E-state index contributed by atoms with van der Waals surface area (Å²) < 4.78 is 0. The maximum Gasteiger partial charge on any atom is 0.178 e. The highest BCUT2D eigenvalue weighted by Gasteiger charge is 2.16. The summed E-state index contributed by atoms with van der Waals surface area (Å²) in [5, 5.41) is 0.377. The third kappa shape index (κ3) is 2.55. The molecule has 14 heavy (non-hydrogen) atoms. The molecular formula is C11H14ClNO. The summed E-state index contributed by atoms with van der Waals surface area (Å²) in [5.41, 5.74) is 1.45. The van der Waals surface area contributed by atoms with Crippen LogP contribution in [0, 0.1) is 0 Å². The summed E-state index contributed by atoms with van der Waals surface area (Å²) in [6, 6.07) is 3.60. The second-order valence-electron chi connectivity index (χ2n) is 4.37. The third-order valence-corrected chi connectivity index (χ3v) is 2.21. The van der Waals surface area contributed by atoms with E-state index in [4.69, 9.17) is 11.6 Å². The van der Waals surface area contributed by atoms with E-state index in [1.54, 1.807) is 12.1 Å². The van der Waals surface area contributed by atoms with Gasteiger partial charge in [-0.3, -0.25) is 4.79 Å². The lowest BCUT2D eigenvalue weighted by atomic mass is 9.87. The molecule has 2 nitrogen and oxygen atoms in total. The number of aromatic nitrogens is 1. The summed E-state index contributed by atoms with van der Waals surface area (Å²) in [4.78, 5) is 15.1. The summed E-state index contributed by atoms with van der Waals surface area (Å²) in [5.74, 6) is -0.0574. The molecule has 3 heteroatoms. The predicted molar refractivity (Wildman–Crippen MR) is 58.0 cm³/mol. The van der Waals surface area contributed by atoms with Crippen LogP contribution in [0.15, 0.2) is 12.1 Å². The van der Waals surface area contributed by atoms with Crippen LogP contribution >= 0.6 is 11.6 Å². The molecule has 0 N–H and O–H groups in total. The zero-order valence-corrected chi connectivity index (χ0v) is 9.64. The van der Waals surface area contributed by atoms with E-state index in [0.29, 0.717) is 10.8 Å². The molecule has 0 saturated carbocycles. The minimum atomic E-state index is -0.0574. The van der Waals surface area contributed by atoms with Gasteiger partial charge < -0.3 is 0 Å². The maximum atomic E-state index is 11.2. The number of hydrogen-bond donors (Lipinski definition) is 0. The number of rotatable bonds is 1. The molecule has 1 rings (SSSR count). The van der Waals surface area contributed by atoms with Crippen LogP contribution in [-0.2, 0) is 5.41 Å².